The topological polar surface area (TPSA) is 29.3 Å². The van der Waals surface area contributed by atoms with Gasteiger partial charge in [-0.2, -0.15) is 0 Å². The van der Waals surface area contributed by atoms with Crippen LogP contribution in [-0.4, -0.2) is 24.0 Å². The number of hydrogen-bond acceptors (Lipinski definition) is 2. The van der Waals surface area contributed by atoms with Gasteiger partial charge in [-0.05, 0) is 31.5 Å². The van der Waals surface area contributed by atoms with Gasteiger partial charge in [-0.3, -0.25) is 4.90 Å². The summed E-state index contributed by atoms with van der Waals surface area (Å²) in [6.07, 6.45) is 3.89. The minimum Gasteiger partial charge on any atom is -0.323 e. The van der Waals surface area contributed by atoms with Crippen LogP contribution in [0.25, 0.3) is 0 Å². The molecule has 2 nitrogen and oxygen atoms in total. The third-order valence-electron chi connectivity index (χ3n) is 3.67. The average molecular weight is 218 g/mol. The molecule has 0 saturated carbocycles. The molecule has 0 radical (unpaired) electrons. The number of benzene rings is 1. The molecule has 0 spiro atoms. The molecule has 0 amide bonds. The lowest BCUT2D eigenvalue weighted by atomic mass is 9.91. The van der Waals surface area contributed by atoms with Crippen molar-refractivity contribution in [1.82, 2.24) is 4.90 Å². The molecule has 1 aromatic carbocycles. The lowest BCUT2D eigenvalue weighted by Crippen LogP contribution is -2.45. The number of likely N-dealkylation sites (N-methyl/N-ethyl adjacent to an activating group) is 1. The van der Waals surface area contributed by atoms with E-state index in [0.717, 1.165) is 6.54 Å². The lowest BCUT2D eigenvalue weighted by Gasteiger charge is -2.38. The highest BCUT2D eigenvalue weighted by Gasteiger charge is 2.27. The van der Waals surface area contributed by atoms with Crippen LogP contribution in [0.15, 0.2) is 30.3 Å². The Morgan fingerprint density at radius 1 is 1.31 bits per heavy atom. The van der Waals surface area contributed by atoms with Gasteiger partial charge < -0.3 is 5.73 Å². The monoisotopic (exact) mass is 218 g/mol. The van der Waals surface area contributed by atoms with Gasteiger partial charge in [-0.15, -0.1) is 0 Å². The number of likely N-dealkylation sites (tertiary alicyclic amines) is 1. The van der Waals surface area contributed by atoms with E-state index in [1.165, 1.54) is 31.4 Å². The molecule has 2 N–H and O–H groups in total. The van der Waals surface area contributed by atoms with Gasteiger partial charge in [0.05, 0.1) is 0 Å². The van der Waals surface area contributed by atoms with Crippen molar-refractivity contribution in [1.29, 1.82) is 0 Å². The number of nitrogens with zero attached hydrogens (tertiary/aromatic N) is 1. The van der Waals surface area contributed by atoms with Crippen LogP contribution >= 0.6 is 0 Å². The van der Waals surface area contributed by atoms with Gasteiger partial charge in [0.15, 0.2) is 0 Å². The molecule has 1 aromatic rings. The maximum absolute atomic E-state index is 6.39. The van der Waals surface area contributed by atoms with Crippen LogP contribution in [-0.2, 0) is 0 Å². The summed E-state index contributed by atoms with van der Waals surface area (Å²) in [6.45, 7) is 4.56. The van der Waals surface area contributed by atoms with Gasteiger partial charge in [0.25, 0.3) is 0 Å². The Labute approximate surface area is 98.4 Å². The van der Waals surface area contributed by atoms with Crippen molar-refractivity contribution < 1.29 is 0 Å². The molecule has 0 aromatic heterocycles. The molecule has 0 bridgehead atoms. The predicted molar refractivity (Wildman–Crippen MR) is 68.3 cm³/mol. The second-order valence-electron chi connectivity index (χ2n) is 4.63. The molecular formula is C14H22N2. The van der Waals surface area contributed by atoms with Gasteiger partial charge in [0.1, 0.15) is 0 Å². The maximum Gasteiger partial charge on any atom is 0.0453 e. The summed E-state index contributed by atoms with van der Waals surface area (Å²) in [5.41, 5.74) is 7.67. The summed E-state index contributed by atoms with van der Waals surface area (Å²) >= 11 is 0. The van der Waals surface area contributed by atoms with Gasteiger partial charge in [0.2, 0.25) is 0 Å². The third-order valence-corrected chi connectivity index (χ3v) is 3.67. The quantitative estimate of drug-likeness (QED) is 0.845. The zero-order valence-electron chi connectivity index (χ0n) is 10.1. The average Bonchev–Trinajstić information content (AvgIpc) is 2.39. The van der Waals surface area contributed by atoms with Crippen LogP contribution in [0.2, 0.25) is 0 Å². The van der Waals surface area contributed by atoms with Crippen LogP contribution in [0, 0.1) is 0 Å². The Morgan fingerprint density at radius 3 is 2.75 bits per heavy atom. The summed E-state index contributed by atoms with van der Waals surface area (Å²) in [7, 11) is 0. The van der Waals surface area contributed by atoms with E-state index in [1.807, 2.05) is 0 Å². The van der Waals surface area contributed by atoms with Gasteiger partial charge in [0, 0.05) is 12.1 Å². The molecule has 1 aliphatic heterocycles. The minimum atomic E-state index is 0.168. The summed E-state index contributed by atoms with van der Waals surface area (Å²) < 4.78 is 0. The Bertz CT molecular complexity index is 310. The van der Waals surface area contributed by atoms with Crippen molar-refractivity contribution in [3.63, 3.8) is 0 Å². The fourth-order valence-electron chi connectivity index (χ4n) is 2.71. The fourth-order valence-corrected chi connectivity index (χ4v) is 2.71. The Hall–Kier alpha value is -0.860. The highest BCUT2D eigenvalue weighted by molar-refractivity contribution is 5.20. The molecule has 16 heavy (non-hydrogen) atoms. The van der Waals surface area contributed by atoms with Gasteiger partial charge in [-0.1, -0.05) is 43.7 Å². The van der Waals surface area contributed by atoms with Gasteiger partial charge >= 0.3 is 0 Å². The molecule has 2 atom stereocenters. The number of nitrogens with two attached hydrogens (primary N) is 1. The largest absolute Gasteiger partial charge is 0.323 e. The maximum atomic E-state index is 6.39. The second kappa shape index (κ2) is 5.46. The van der Waals surface area contributed by atoms with Crippen LogP contribution in [0.4, 0.5) is 0 Å². The Kier molecular flexibility index (Phi) is 3.97. The van der Waals surface area contributed by atoms with Crippen molar-refractivity contribution in [3.05, 3.63) is 35.9 Å². The normalized spacial score (nSPS) is 24.2. The highest BCUT2D eigenvalue weighted by atomic mass is 15.2. The first kappa shape index (κ1) is 11.6. The molecule has 1 heterocycles. The molecule has 88 valence electrons. The van der Waals surface area contributed by atoms with Crippen molar-refractivity contribution in [2.75, 3.05) is 13.1 Å². The first-order valence-corrected chi connectivity index (χ1v) is 6.37. The third kappa shape index (κ3) is 2.45. The standard InChI is InChI=1S/C14H22N2/c1-2-16-11-7-6-10-13(16)14(15)12-8-4-3-5-9-12/h3-5,8-9,13-14H,2,6-7,10-11,15H2,1H3/t13-,14-/m1/s1. The van der Waals surface area contributed by atoms with E-state index in [2.05, 4.69) is 42.2 Å². The van der Waals surface area contributed by atoms with Crippen LogP contribution in [0.3, 0.4) is 0 Å². The molecule has 1 saturated heterocycles. The van der Waals surface area contributed by atoms with E-state index in [-0.39, 0.29) is 6.04 Å². The van der Waals surface area contributed by atoms with Gasteiger partial charge in [-0.25, -0.2) is 0 Å². The van der Waals surface area contributed by atoms with E-state index >= 15 is 0 Å². The summed E-state index contributed by atoms with van der Waals surface area (Å²) in [5, 5.41) is 0. The van der Waals surface area contributed by atoms with Crippen LogP contribution < -0.4 is 5.73 Å². The van der Waals surface area contributed by atoms with E-state index < -0.39 is 0 Å². The molecule has 0 aliphatic carbocycles. The zero-order valence-corrected chi connectivity index (χ0v) is 10.1. The van der Waals surface area contributed by atoms with Crippen molar-refractivity contribution >= 4 is 0 Å². The fraction of sp³-hybridized carbons (Fsp3) is 0.571. The van der Waals surface area contributed by atoms with Crippen molar-refractivity contribution in [2.45, 2.75) is 38.3 Å². The SMILES string of the molecule is CCN1CCCC[C@@H]1[C@H](N)c1ccccc1. The highest BCUT2D eigenvalue weighted by Crippen LogP contribution is 2.26. The van der Waals surface area contributed by atoms with Crippen molar-refractivity contribution in [2.24, 2.45) is 5.73 Å². The molecule has 0 unspecified atom stereocenters. The molecule has 1 aliphatic rings. The first-order chi connectivity index (χ1) is 7.83. The summed E-state index contributed by atoms with van der Waals surface area (Å²) in [4.78, 5) is 2.53. The molecule has 2 heteroatoms. The van der Waals surface area contributed by atoms with E-state index in [9.17, 15) is 0 Å². The second-order valence-corrected chi connectivity index (χ2v) is 4.63. The Balaban J connectivity index is 2.10. The molecule has 2 rings (SSSR count). The van der Waals surface area contributed by atoms with E-state index in [0.29, 0.717) is 6.04 Å². The summed E-state index contributed by atoms with van der Waals surface area (Å²) in [6, 6.07) is 11.2. The number of hydrogen-bond donors (Lipinski definition) is 1. The van der Waals surface area contributed by atoms with E-state index in [4.69, 9.17) is 5.73 Å². The zero-order chi connectivity index (χ0) is 11.4. The first-order valence-electron chi connectivity index (χ1n) is 6.37. The van der Waals surface area contributed by atoms with Crippen LogP contribution in [0.1, 0.15) is 37.8 Å². The van der Waals surface area contributed by atoms with Crippen molar-refractivity contribution in [3.8, 4) is 0 Å². The minimum absolute atomic E-state index is 0.168. The predicted octanol–water partition coefficient (Wildman–Crippen LogP) is 2.56. The summed E-state index contributed by atoms with van der Waals surface area (Å²) in [5.74, 6) is 0. The van der Waals surface area contributed by atoms with E-state index in [1.54, 1.807) is 0 Å². The smallest absolute Gasteiger partial charge is 0.0453 e. The Morgan fingerprint density at radius 2 is 2.06 bits per heavy atom. The number of rotatable bonds is 3. The molecular weight excluding hydrogens is 196 g/mol. The van der Waals surface area contributed by atoms with Crippen LogP contribution in [0.5, 0.6) is 0 Å². The lowest BCUT2D eigenvalue weighted by molar-refractivity contribution is 0.133. The number of piperidine rings is 1. The molecule has 1 fully saturated rings.